The number of aliphatic carboxylic acids is 1. The molecule has 2 amide bonds. The predicted molar refractivity (Wildman–Crippen MR) is 140 cm³/mol. The maximum atomic E-state index is 13.1. The Labute approximate surface area is 229 Å². The van der Waals surface area contributed by atoms with Crippen LogP contribution in [0.3, 0.4) is 0 Å². The first-order chi connectivity index (χ1) is 17.8. The summed E-state index contributed by atoms with van der Waals surface area (Å²) in [5.74, 6) is -7.19. The van der Waals surface area contributed by atoms with Crippen LogP contribution in [0.15, 0.2) is 0 Å². The van der Waals surface area contributed by atoms with Crippen molar-refractivity contribution in [1.29, 1.82) is 0 Å². The van der Waals surface area contributed by atoms with Crippen LogP contribution in [0.1, 0.15) is 69.2 Å². The minimum absolute atomic E-state index is 0.206. The van der Waals surface area contributed by atoms with Crippen molar-refractivity contribution in [2.75, 3.05) is 0 Å². The van der Waals surface area contributed by atoms with Crippen molar-refractivity contribution in [3.8, 4) is 0 Å². The largest absolute Gasteiger partial charge is 0.479 e. The lowest BCUT2D eigenvalue weighted by Gasteiger charge is -2.29. The van der Waals surface area contributed by atoms with Crippen LogP contribution in [0.4, 0.5) is 0 Å². The van der Waals surface area contributed by atoms with Crippen LogP contribution < -0.4 is 16.4 Å². The molecule has 0 aliphatic carbocycles. The molecule has 0 aliphatic rings. The number of carboxylic acid groups (broad SMARTS) is 1. The first kappa shape index (κ1) is 35.8. The third-order valence-electron chi connectivity index (χ3n) is 5.84. The van der Waals surface area contributed by atoms with E-state index in [0.717, 1.165) is 0 Å². The number of nitrogens with one attached hydrogen (secondary N) is 2. The van der Waals surface area contributed by atoms with Crippen LogP contribution in [-0.2, 0) is 43.0 Å². The molecule has 0 fully saturated rings. The Morgan fingerprint density at radius 3 is 1.36 bits per heavy atom. The lowest BCUT2D eigenvalue weighted by molar-refractivity contribution is -0.168. The van der Waals surface area contributed by atoms with Gasteiger partial charge in [-0.25, -0.2) is 14.4 Å². The second kappa shape index (κ2) is 16.0. The van der Waals surface area contributed by atoms with Gasteiger partial charge in [-0.2, -0.15) is 0 Å². The van der Waals surface area contributed by atoms with E-state index in [1.807, 2.05) is 0 Å². The highest BCUT2D eigenvalue weighted by atomic mass is 16.6. The lowest BCUT2D eigenvalue weighted by Crippen LogP contribution is -2.54. The number of carbonyl (C=O) groups excluding carboxylic acids is 5. The van der Waals surface area contributed by atoms with Gasteiger partial charge in [-0.1, -0.05) is 55.4 Å². The van der Waals surface area contributed by atoms with Crippen LogP contribution >= 0.6 is 0 Å². The molecule has 0 heterocycles. The van der Waals surface area contributed by atoms with E-state index in [1.165, 1.54) is 13.8 Å². The fourth-order valence-corrected chi connectivity index (χ4v) is 3.07. The molecule has 0 saturated heterocycles. The molecule has 13 nitrogen and oxygen atoms in total. The number of hydrogen-bond donors (Lipinski definition) is 4. The van der Waals surface area contributed by atoms with Gasteiger partial charge < -0.3 is 35.7 Å². The van der Waals surface area contributed by atoms with E-state index in [-0.39, 0.29) is 5.92 Å². The van der Waals surface area contributed by atoms with Crippen molar-refractivity contribution < 1.29 is 48.1 Å². The Balaban J connectivity index is 5.56. The number of esters is 3. The van der Waals surface area contributed by atoms with Crippen LogP contribution in [0.2, 0.25) is 0 Å². The third kappa shape index (κ3) is 11.6. The molecule has 0 saturated carbocycles. The van der Waals surface area contributed by atoms with E-state index in [0.29, 0.717) is 0 Å². The highest BCUT2D eigenvalue weighted by molar-refractivity contribution is 5.92. The van der Waals surface area contributed by atoms with Crippen LogP contribution in [0.25, 0.3) is 0 Å². The molecule has 0 aliphatic heterocycles. The predicted octanol–water partition coefficient (Wildman–Crippen LogP) is 0.767. The van der Waals surface area contributed by atoms with E-state index in [4.69, 9.17) is 25.1 Å². The highest BCUT2D eigenvalue weighted by Gasteiger charge is 2.37. The van der Waals surface area contributed by atoms with Gasteiger partial charge in [0, 0.05) is 0 Å². The number of amides is 2. The standard InChI is InChI=1S/C26H45N3O10/c1-11(2)17(27)24(34)37-15(9)21(30)28-19(13(5)6)26(36)39-20(14(7)8)22(31)29-18(12(3)4)25(35)38-16(10)23(32)33/h11-20H,27H2,1-10H3,(H,28,30)(H,29,31)(H,32,33)/t15?,16?,17?,18?,19-,20?/m1/s1. The number of hydrogen-bond acceptors (Lipinski definition) is 10. The monoisotopic (exact) mass is 559 g/mol. The van der Waals surface area contributed by atoms with Gasteiger partial charge in [-0.15, -0.1) is 0 Å². The molecular formula is C26H45N3O10. The average molecular weight is 560 g/mol. The molecule has 0 rings (SSSR count). The SMILES string of the molecule is CC(OC(=O)C(NC(=O)C(OC(=O)[C@H](NC(=O)C(C)OC(=O)C(N)C(C)C)C(C)C)C(C)C)C(C)C)C(=O)O. The summed E-state index contributed by atoms with van der Waals surface area (Å²) in [7, 11) is 0. The first-order valence-electron chi connectivity index (χ1n) is 13.0. The van der Waals surface area contributed by atoms with Gasteiger partial charge in [-0.05, 0) is 37.5 Å². The van der Waals surface area contributed by atoms with E-state index in [9.17, 15) is 28.8 Å². The second-order valence-corrected chi connectivity index (χ2v) is 10.8. The molecule has 13 heteroatoms. The highest BCUT2D eigenvalue weighted by Crippen LogP contribution is 2.15. The molecule has 0 aromatic rings. The molecule has 0 radical (unpaired) electrons. The quantitative estimate of drug-likeness (QED) is 0.163. The van der Waals surface area contributed by atoms with Gasteiger partial charge in [-0.3, -0.25) is 14.4 Å². The van der Waals surface area contributed by atoms with Gasteiger partial charge in [0.15, 0.2) is 18.3 Å². The number of rotatable bonds is 15. The Morgan fingerprint density at radius 2 is 0.974 bits per heavy atom. The van der Waals surface area contributed by atoms with Crippen molar-refractivity contribution in [3.63, 3.8) is 0 Å². The van der Waals surface area contributed by atoms with E-state index in [2.05, 4.69) is 10.6 Å². The van der Waals surface area contributed by atoms with Gasteiger partial charge in [0.1, 0.15) is 18.1 Å². The number of carboxylic acids is 1. The van der Waals surface area contributed by atoms with Gasteiger partial charge in [0.2, 0.25) is 0 Å². The summed E-state index contributed by atoms with van der Waals surface area (Å²) in [6.45, 7) is 15.8. The molecule has 224 valence electrons. The summed E-state index contributed by atoms with van der Waals surface area (Å²) in [5.41, 5.74) is 5.75. The van der Waals surface area contributed by atoms with E-state index < -0.39 is 89.9 Å². The van der Waals surface area contributed by atoms with Crippen molar-refractivity contribution in [3.05, 3.63) is 0 Å². The van der Waals surface area contributed by atoms with Crippen molar-refractivity contribution in [2.24, 2.45) is 29.4 Å². The zero-order valence-corrected chi connectivity index (χ0v) is 24.5. The lowest BCUT2D eigenvalue weighted by atomic mass is 10.0. The minimum atomic E-state index is -1.42. The fourth-order valence-electron chi connectivity index (χ4n) is 3.07. The number of carbonyl (C=O) groups is 6. The maximum absolute atomic E-state index is 13.1. The Kier molecular flexibility index (Phi) is 14.7. The minimum Gasteiger partial charge on any atom is -0.479 e. The number of nitrogens with two attached hydrogens (primary N) is 1. The molecule has 5 N–H and O–H groups in total. The topological polar surface area (TPSA) is 200 Å². The van der Waals surface area contributed by atoms with Crippen molar-refractivity contribution in [1.82, 2.24) is 10.6 Å². The Bertz CT molecular complexity index is 887. The molecule has 0 aromatic heterocycles. The van der Waals surface area contributed by atoms with Crippen molar-refractivity contribution >= 4 is 35.7 Å². The van der Waals surface area contributed by atoms with Crippen LogP contribution in [0.5, 0.6) is 0 Å². The molecular weight excluding hydrogens is 514 g/mol. The van der Waals surface area contributed by atoms with Crippen LogP contribution in [0, 0.1) is 23.7 Å². The van der Waals surface area contributed by atoms with Gasteiger partial charge >= 0.3 is 23.9 Å². The zero-order chi connectivity index (χ0) is 30.8. The Morgan fingerprint density at radius 1 is 0.564 bits per heavy atom. The molecule has 39 heavy (non-hydrogen) atoms. The van der Waals surface area contributed by atoms with E-state index >= 15 is 0 Å². The molecule has 0 aromatic carbocycles. The molecule has 6 atom stereocenters. The summed E-state index contributed by atoms with van der Waals surface area (Å²) in [5, 5.41) is 14.0. The normalized spacial score (nSPS) is 16.1. The average Bonchev–Trinajstić information content (AvgIpc) is 2.81. The van der Waals surface area contributed by atoms with Gasteiger partial charge in [0.05, 0.1) is 0 Å². The van der Waals surface area contributed by atoms with Crippen molar-refractivity contribution in [2.45, 2.75) is 106 Å². The third-order valence-corrected chi connectivity index (χ3v) is 5.84. The molecule has 0 bridgehead atoms. The van der Waals surface area contributed by atoms with Gasteiger partial charge in [0.25, 0.3) is 11.8 Å². The van der Waals surface area contributed by atoms with Crippen LogP contribution in [-0.4, -0.2) is 77.2 Å². The summed E-state index contributed by atoms with van der Waals surface area (Å²) >= 11 is 0. The second-order valence-electron chi connectivity index (χ2n) is 10.8. The number of ether oxygens (including phenoxy) is 3. The summed E-state index contributed by atoms with van der Waals surface area (Å²) < 4.78 is 15.5. The summed E-state index contributed by atoms with van der Waals surface area (Å²) in [4.78, 5) is 74.4. The molecule has 5 unspecified atom stereocenters. The summed E-state index contributed by atoms with van der Waals surface area (Å²) in [6.07, 6.45) is -4.01. The smallest absolute Gasteiger partial charge is 0.344 e. The maximum Gasteiger partial charge on any atom is 0.344 e. The Hall–Kier alpha value is -3.22. The molecule has 0 spiro atoms. The van der Waals surface area contributed by atoms with E-state index in [1.54, 1.807) is 55.4 Å². The first-order valence-corrected chi connectivity index (χ1v) is 13.0. The fraction of sp³-hybridized carbons (Fsp3) is 0.769. The zero-order valence-electron chi connectivity index (χ0n) is 24.5. The summed E-state index contributed by atoms with van der Waals surface area (Å²) in [6, 6.07) is -3.31.